The maximum Gasteiger partial charge on any atom is 0.305 e. The van der Waals surface area contributed by atoms with E-state index in [1.165, 1.54) is 12.1 Å². The molecule has 6 nitrogen and oxygen atoms in total. The number of nitrogens with one attached hydrogen (secondary N) is 2. The molecule has 158 valence electrons. The standard InChI is InChI=1S/C23H25FN2O4/c1-13(2)21(22-14(3)18-12-16(24)6-9-19(18)30-22)26-17-7-4-15(5-8-17)23(29)25-11-10-20(27)28/h4-9,12-13,21,26H,10-11H2,1-3H3,(H,25,29)(H,27,28). The van der Waals surface area contributed by atoms with Crippen molar-refractivity contribution in [1.82, 2.24) is 5.32 Å². The molecule has 1 amide bonds. The molecule has 3 N–H and O–H groups in total. The zero-order valence-corrected chi connectivity index (χ0v) is 17.2. The monoisotopic (exact) mass is 412 g/mol. The molecule has 0 aliphatic rings. The lowest BCUT2D eigenvalue weighted by Gasteiger charge is -2.22. The smallest absolute Gasteiger partial charge is 0.305 e. The number of carbonyl (C=O) groups excluding carboxylic acids is 1. The predicted molar refractivity (Wildman–Crippen MR) is 113 cm³/mol. The fraction of sp³-hybridized carbons (Fsp3) is 0.304. The summed E-state index contributed by atoms with van der Waals surface area (Å²) in [7, 11) is 0. The number of aryl methyl sites for hydroxylation is 1. The number of aliphatic carboxylic acids is 1. The highest BCUT2D eigenvalue weighted by Gasteiger charge is 2.24. The highest BCUT2D eigenvalue weighted by atomic mass is 19.1. The third-order valence-electron chi connectivity index (χ3n) is 4.98. The Bertz CT molecular complexity index is 1060. The molecule has 1 unspecified atom stereocenters. The average Bonchev–Trinajstić information content (AvgIpc) is 3.01. The highest BCUT2D eigenvalue weighted by Crippen LogP contribution is 2.35. The van der Waals surface area contributed by atoms with Crippen LogP contribution in [0, 0.1) is 18.7 Å². The van der Waals surface area contributed by atoms with E-state index < -0.39 is 5.97 Å². The predicted octanol–water partition coefficient (Wildman–Crippen LogP) is 4.89. The van der Waals surface area contributed by atoms with Crippen LogP contribution in [0.3, 0.4) is 0 Å². The van der Waals surface area contributed by atoms with Crippen LogP contribution in [0.25, 0.3) is 11.0 Å². The van der Waals surface area contributed by atoms with Gasteiger partial charge in [-0.2, -0.15) is 0 Å². The van der Waals surface area contributed by atoms with Crippen LogP contribution in [0.5, 0.6) is 0 Å². The minimum absolute atomic E-state index is 0.0789. The van der Waals surface area contributed by atoms with E-state index in [0.29, 0.717) is 11.1 Å². The third-order valence-corrected chi connectivity index (χ3v) is 4.98. The second-order valence-electron chi connectivity index (χ2n) is 7.57. The van der Waals surface area contributed by atoms with Crippen LogP contribution in [-0.4, -0.2) is 23.5 Å². The summed E-state index contributed by atoms with van der Waals surface area (Å²) in [6.07, 6.45) is -0.123. The average molecular weight is 412 g/mol. The topological polar surface area (TPSA) is 91.6 Å². The Balaban J connectivity index is 1.77. The van der Waals surface area contributed by atoms with E-state index in [4.69, 9.17) is 9.52 Å². The lowest BCUT2D eigenvalue weighted by Crippen LogP contribution is -2.26. The maximum absolute atomic E-state index is 13.6. The molecular weight excluding hydrogens is 387 g/mol. The normalized spacial score (nSPS) is 12.2. The largest absolute Gasteiger partial charge is 0.481 e. The number of amides is 1. The molecule has 1 atom stereocenters. The molecule has 0 radical (unpaired) electrons. The quantitative estimate of drug-likeness (QED) is 0.490. The number of halogens is 1. The number of carboxylic acids is 1. The first-order valence-electron chi connectivity index (χ1n) is 9.81. The Morgan fingerprint density at radius 3 is 2.47 bits per heavy atom. The molecule has 30 heavy (non-hydrogen) atoms. The summed E-state index contributed by atoms with van der Waals surface area (Å²) in [5, 5.41) is 15.4. The van der Waals surface area contributed by atoms with Gasteiger partial charge in [-0.15, -0.1) is 0 Å². The van der Waals surface area contributed by atoms with Gasteiger partial charge in [0.15, 0.2) is 0 Å². The number of hydrogen-bond acceptors (Lipinski definition) is 4. The Kier molecular flexibility index (Phi) is 6.40. The molecule has 0 saturated heterocycles. The number of furan rings is 1. The number of carboxylic acid groups (broad SMARTS) is 1. The van der Waals surface area contributed by atoms with Gasteiger partial charge in [-0.25, -0.2) is 4.39 Å². The van der Waals surface area contributed by atoms with Crippen LogP contribution < -0.4 is 10.6 Å². The van der Waals surface area contributed by atoms with Crippen molar-refractivity contribution in [3.8, 4) is 0 Å². The van der Waals surface area contributed by atoms with Gasteiger partial charge < -0.3 is 20.2 Å². The first-order valence-corrected chi connectivity index (χ1v) is 9.81. The molecule has 0 bridgehead atoms. The fourth-order valence-corrected chi connectivity index (χ4v) is 3.33. The van der Waals surface area contributed by atoms with Crippen LogP contribution in [0.2, 0.25) is 0 Å². The molecule has 3 aromatic rings. The van der Waals surface area contributed by atoms with Gasteiger partial charge in [-0.3, -0.25) is 9.59 Å². The SMILES string of the molecule is Cc1c(C(Nc2ccc(C(=O)NCCC(=O)O)cc2)C(C)C)oc2ccc(F)cc12. The van der Waals surface area contributed by atoms with Gasteiger partial charge in [0, 0.05) is 28.7 Å². The second kappa shape index (κ2) is 8.98. The summed E-state index contributed by atoms with van der Waals surface area (Å²) in [6.45, 7) is 6.13. The summed E-state index contributed by atoms with van der Waals surface area (Å²) in [5.41, 5.74) is 2.79. The number of carbonyl (C=O) groups is 2. The van der Waals surface area contributed by atoms with Gasteiger partial charge in [-0.05, 0) is 55.3 Å². The lowest BCUT2D eigenvalue weighted by molar-refractivity contribution is -0.136. The number of hydrogen-bond donors (Lipinski definition) is 3. The van der Waals surface area contributed by atoms with Crippen LogP contribution in [-0.2, 0) is 4.79 Å². The number of benzene rings is 2. The van der Waals surface area contributed by atoms with Crippen LogP contribution in [0.1, 0.15) is 48.0 Å². The number of anilines is 1. The van der Waals surface area contributed by atoms with Gasteiger partial charge in [0.25, 0.3) is 5.91 Å². The van der Waals surface area contributed by atoms with Gasteiger partial charge in [0.05, 0.1) is 12.5 Å². The Morgan fingerprint density at radius 1 is 1.13 bits per heavy atom. The van der Waals surface area contributed by atoms with Crippen molar-refractivity contribution in [2.45, 2.75) is 33.2 Å². The van der Waals surface area contributed by atoms with Crippen molar-refractivity contribution in [1.29, 1.82) is 0 Å². The molecule has 0 aliphatic heterocycles. The molecular formula is C23H25FN2O4. The second-order valence-corrected chi connectivity index (χ2v) is 7.57. The summed E-state index contributed by atoms with van der Waals surface area (Å²) in [4.78, 5) is 22.6. The third kappa shape index (κ3) is 4.79. The molecule has 1 aromatic heterocycles. The first-order chi connectivity index (χ1) is 14.3. The molecule has 1 heterocycles. The van der Waals surface area contributed by atoms with Crippen molar-refractivity contribution >= 4 is 28.5 Å². The van der Waals surface area contributed by atoms with E-state index in [1.54, 1.807) is 30.3 Å². The van der Waals surface area contributed by atoms with E-state index in [-0.39, 0.29) is 36.6 Å². The zero-order chi connectivity index (χ0) is 21.8. The van der Waals surface area contributed by atoms with Gasteiger partial charge in [0.1, 0.15) is 17.2 Å². The number of fused-ring (bicyclic) bond motifs is 1. The Hall–Kier alpha value is -3.35. The van der Waals surface area contributed by atoms with E-state index in [9.17, 15) is 14.0 Å². The highest BCUT2D eigenvalue weighted by molar-refractivity contribution is 5.94. The lowest BCUT2D eigenvalue weighted by atomic mass is 9.97. The van der Waals surface area contributed by atoms with Crippen molar-refractivity contribution in [2.24, 2.45) is 5.92 Å². The summed E-state index contributed by atoms with van der Waals surface area (Å²) in [5.74, 6) is -0.644. The first kappa shape index (κ1) is 21.4. The van der Waals surface area contributed by atoms with Crippen molar-refractivity contribution in [3.05, 3.63) is 65.2 Å². The van der Waals surface area contributed by atoms with Crippen LogP contribution >= 0.6 is 0 Å². The van der Waals surface area contributed by atoms with Crippen molar-refractivity contribution in [3.63, 3.8) is 0 Å². The zero-order valence-electron chi connectivity index (χ0n) is 17.2. The van der Waals surface area contributed by atoms with E-state index >= 15 is 0 Å². The van der Waals surface area contributed by atoms with E-state index in [2.05, 4.69) is 24.5 Å². The van der Waals surface area contributed by atoms with Crippen molar-refractivity contribution < 1.29 is 23.5 Å². The van der Waals surface area contributed by atoms with E-state index in [1.807, 2.05) is 6.92 Å². The van der Waals surface area contributed by atoms with Gasteiger partial charge in [-0.1, -0.05) is 13.8 Å². The molecule has 0 saturated carbocycles. The minimum atomic E-state index is -0.960. The van der Waals surface area contributed by atoms with Crippen LogP contribution in [0.15, 0.2) is 46.9 Å². The van der Waals surface area contributed by atoms with Gasteiger partial charge in [0.2, 0.25) is 0 Å². The Labute approximate surface area is 174 Å². The molecule has 3 rings (SSSR count). The van der Waals surface area contributed by atoms with E-state index in [0.717, 1.165) is 22.4 Å². The summed E-state index contributed by atoms with van der Waals surface area (Å²) in [6, 6.07) is 11.3. The fourth-order valence-electron chi connectivity index (χ4n) is 3.33. The van der Waals surface area contributed by atoms with Crippen LogP contribution in [0.4, 0.5) is 10.1 Å². The Morgan fingerprint density at radius 2 is 1.83 bits per heavy atom. The molecule has 0 spiro atoms. The molecule has 0 aliphatic carbocycles. The van der Waals surface area contributed by atoms with Gasteiger partial charge >= 0.3 is 5.97 Å². The number of rotatable bonds is 8. The molecule has 2 aromatic carbocycles. The molecule has 0 fully saturated rings. The summed E-state index contributed by atoms with van der Waals surface area (Å²) < 4.78 is 19.7. The minimum Gasteiger partial charge on any atom is -0.481 e. The summed E-state index contributed by atoms with van der Waals surface area (Å²) >= 11 is 0. The van der Waals surface area contributed by atoms with Crippen molar-refractivity contribution in [2.75, 3.05) is 11.9 Å². The maximum atomic E-state index is 13.6. The molecule has 7 heteroatoms.